The summed E-state index contributed by atoms with van der Waals surface area (Å²) in [4.78, 5) is 39.8. The molecule has 0 bridgehead atoms. The topological polar surface area (TPSA) is 75.7 Å². The largest absolute Gasteiger partial charge is 0.451 e. The Labute approximate surface area is 175 Å². The zero-order valence-corrected chi connectivity index (χ0v) is 16.9. The van der Waals surface area contributed by atoms with E-state index in [-0.39, 0.29) is 17.7 Å². The van der Waals surface area contributed by atoms with Gasteiger partial charge in [-0.1, -0.05) is 12.1 Å². The number of esters is 1. The van der Waals surface area contributed by atoms with Gasteiger partial charge in [-0.25, -0.2) is 4.79 Å². The second-order valence-electron chi connectivity index (χ2n) is 8.32. The van der Waals surface area contributed by atoms with E-state index in [1.165, 1.54) is 11.1 Å². The second-order valence-corrected chi connectivity index (χ2v) is 8.32. The minimum Gasteiger partial charge on any atom is -0.451 e. The van der Waals surface area contributed by atoms with E-state index in [1.807, 2.05) is 24.3 Å². The summed E-state index contributed by atoms with van der Waals surface area (Å²) >= 11 is 0. The normalized spacial score (nSPS) is 20.1. The molecule has 0 saturated carbocycles. The molecule has 1 aliphatic carbocycles. The summed E-state index contributed by atoms with van der Waals surface area (Å²) in [6.07, 6.45) is 4.10. The average Bonchev–Trinajstić information content (AvgIpc) is 3.42. The first kappa shape index (κ1) is 18.9. The smallest absolute Gasteiger partial charge is 0.338 e. The molecule has 154 valence electrons. The fourth-order valence-electron chi connectivity index (χ4n) is 4.80. The lowest BCUT2D eigenvalue weighted by Crippen LogP contribution is -2.43. The van der Waals surface area contributed by atoms with Crippen molar-refractivity contribution in [3.8, 4) is 0 Å². The summed E-state index contributed by atoms with van der Waals surface area (Å²) in [6.45, 7) is 2.43. The third kappa shape index (κ3) is 3.16. The van der Waals surface area contributed by atoms with Crippen molar-refractivity contribution in [3.63, 3.8) is 0 Å². The van der Waals surface area contributed by atoms with Crippen LogP contribution in [-0.2, 0) is 22.4 Å². The van der Waals surface area contributed by atoms with E-state index in [0.29, 0.717) is 16.8 Å². The van der Waals surface area contributed by atoms with E-state index < -0.39 is 12.1 Å². The standard InChI is InChI=1S/C24H24N2O4/c1-14(22(27)17-8-7-15-4-2-5-16(15)12-17)30-24(29)18-9-10-20-19(13-18)25-23(28)21-6-3-11-26(20)21/h7-10,12-14,21H,2-6,11H2,1H3,(H,25,28)/t14-,21-/m0/s1. The van der Waals surface area contributed by atoms with Gasteiger partial charge < -0.3 is 15.0 Å². The molecular weight excluding hydrogens is 380 g/mol. The van der Waals surface area contributed by atoms with Crippen LogP contribution in [0.4, 0.5) is 11.4 Å². The molecule has 0 spiro atoms. The minimum atomic E-state index is -0.884. The van der Waals surface area contributed by atoms with Gasteiger partial charge in [0.25, 0.3) is 0 Å². The summed E-state index contributed by atoms with van der Waals surface area (Å²) in [7, 11) is 0. The lowest BCUT2D eigenvalue weighted by molar-refractivity contribution is -0.117. The van der Waals surface area contributed by atoms with Crippen LogP contribution in [0.3, 0.4) is 0 Å². The molecule has 1 saturated heterocycles. The molecule has 6 nitrogen and oxygen atoms in total. The van der Waals surface area contributed by atoms with Gasteiger partial charge in [-0.2, -0.15) is 0 Å². The zero-order chi connectivity index (χ0) is 20.8. The predicted octanol–water partition coefficient (Wildman–Crippen LogP) is 3.52. The number of ether oxygens (including phenoxy) is 1. The molecule has 2 heterocycles. The van der Waals surface area contributed by atoms with Crippen molar-refractivity contribution in [2.24, 2.45) is 0 Å². The molecule has 5 rings (SSSR count). The van der Waals surface area contributed by atoms with Gasteiger partial charge in [0.15, 0.2) is 6.10 Å². The van der Waals surface area contributed by atoms with Crippen molar-refractivity contribution in [2.75, 3.05) is 16.8 Å². The number of ketones is 1. The van der Waals surface area contributed by atoms with Crippen molar-refractivity contribution >= 4 is 29.0 Å². The summed E-state index contributed by atoms with van der Waals surface area (Å²) in [5.41, 5.74) is 4.95. The molecule has 2 aromatic carbocycles. The first-order valence-corrected chi connectivity index (χ1v) is 10.6. The highest BCUT2D eigenvalue weighted by atomic mass is 16.5. The Bertz CT molecular complexity index is 1060. The monoisotopic (exact) mass is 404 g/mol. The Morgan fingerprint density at radius 3 is 2.73 bits per heavy atom. The maximum Gasteiger partial charge on any atom is 0.338 e. The van der Waals surface area contributed by atoms with Gasteiger partial charge in [0, 0.05) is 12.1 Å². The average molecular weight is 404 g/mol. The van der Waals surface area contributed by atoms with E-state index in [1.54, 1.807) is 19.1 Å². The molecule has 0 unspecified atom stereocenters. The number of nitrogens with one attached hydrogen (secondary N) is 1. The quantitative estimate of drug-likeness (QED) is 0.623. The van der Waals surface area contributed by atoms with Gasteiger partial charge in [0.05, 0.1) is 16.9 Å². The van der Waals surface area contributed by atoms with E-state index in [9.17, 15) is 14.4 Å². The number of Topliss-reactive ketones (excluding diaryl/α,β-unsaturated/α-hetero) is 1. The molecule has 1 N–H and O–H groups in total. The molecule has 0 aromatic heterocycles. The van der Waals surface area contributed by atoms with E-state index in [2.05, 4.69) is 10.2 Å². The second kappa shape index (κ2) is 7.27. The van der Waals surface area contributed by atoms with Crippen LogP contribution in [-0.4, -0.2) is 36.4 Å². The number of anilines is 2. The number of rotatable bonds is 4. The van der Waals surface area contributed by atoms with Crippen LogP contribution >= 0.6 is 0 Å². The third-order valence-corrected chi connectivity index (χ3v) is 6.39. The summed E-state index contributed by atoms with van der Waals surface area (Å²) in [5, 5.41) is 2.90. The van der Waals surface area contributed by atoms with Crippen molar-refractivity contribution in [2.45, 2.75) is 51.2 Å². The van der Waals surface area contributed by atoms with Crippen molar-refractivity contribution in [3.05, 3.63) is 58.7 Å². The molecule has 2 atom stereocenters. The van der Waals surface area contributed by atoms with Crippen LogP contribution in [0.5, 0.6) is 0 Å². The Morgan fingerprint density at radius 2 is 1.87 bits per heavy atom. The van der Waals surface area contributed by atoms with Crippen LogP contribution in [0.2, 0.25) is 0 Å². The Hall–Kier alpha value is -3.15. The number of carbonyl (C=O) groups excluding carboxylic acids is 3. The highest BCUT2D eigenvalue weighted by molar-refractivity contribution is 6.06. The SMILES string of the molecule is C[C@H](OC(=O)c1ccc2c(c1)NC(=O)[C@@H]1CCCN21)C(=O)c1ccc2c(c1)CCC2. The fourth-order valence-corrected chi connectivity index (χ4v) is 4.80. The molecule has 30 heavy (non-hydrogen) atoms. The first-order chi connectivity index (χ1) is 14.5. The van der Waals surface area contributed by atoms with Gasteiger partial charge in [0.1, 0.15) is 6.04 Å². The van der Waals surface area contributed by atoms with Gasteiger partial charge in [0.2, 0.25) is 11.7 Å². The molecule has 1 amide bonds. The Kier molecular flexibility index (Phi) is 4.57. The van der Waals surface area contributed by atoms with Gasteiger partial charge >= 0.3 is 5.97 Å². The molecule has 3 aliphatic rings. The molecule has 0 radical (unpaired) electrons. The number of carbonyl (C=O) groups is 3. The number of hydrogen-bond donors (Lipinski definition) is 1. The highest BCUT2D eigenvalue weighted by Crippen LogP contribution is 2.37. The molecule has 6 heteroatoms. The van der Waals surface area contributed by atoms with E-state index >= 15 is 0 Å². The minimum absolute atomic E-state index is 0.0364. The predicted molar refractivity (Wildman–Crippen MR) is 113 cm³/mol. The van der Waals surface area contributed by atoms with Gasteiger partial charge in [-0.05, 0) is 74.4 Å². The van der Waals surface area contributed by atoms with Crippen LogP contribution in [0.1, 0.15) is 58.0 Å². The fraction of sp³-hybridized carbons (Fsp3) is 0.375. The number of aryl methyl sites for hydroxylation is 2. The lowest BCUT2D eigenvalue weighted by Gasteiger charge is -2.33. The number of nitrogens with zero attached hydrogens (tertiary/aromatic N) is 1. The number of hydrogen-bond acceptors (Lipinski definition) is 5. The van der Waals surface area contributed by atoms with Gasteiger partial charge in [-0.15, -0.1) is 0 Å². The van der Waals surface area contributed by atoms with Crippen molar-refractivity contribution < 1.29 is 19.1 Å². The summed E-state index contributed by atoms with van der Waals surface area (Å²) in [6, 6.07) is 10.8. The Morgan fingerprint density at radius 1 is 1.07 bits per heavy atom. The van der Waals surface area contributed by atoms with Crippen LogP contribution < -0.4 is 10.2 Å². The van der Waals surface area contributed by atoms with E-state index in [0.717, 1.165) is 44.3 Å². The number of amides is 1. The van der Waals surface area contributed by atoms with Gasteiger partial charge in [-0.3, -0.25) is 9.59 Å². The van der Waals surface area contributed by atoms with Crippen LogP contribution in [0, 0.1) is 0 Å². The third-order valence-electron chi connectivity index (χ3n) is 6.39. The number of fused-ring (bicyclic) bond motifs is 4. The van der Waals surface area contributed by atoms with E-state index in [4.69, 9.17) is 4.74 Å². The molecular formula is C24H24N2O4. The van der Waals surface area contributed by atoms with Crippen molar-refractivity contribution in [1.29, 1.82) is 0 Å². The van der Waals surface area contributed by atoms with Crippen LogP contribution in [0.25, 0.3) is 0 Å². The maximum absolute atomic E-state index is 12.8. The molecule has 2 aliphatic heterocycles. The molecule has 2 aromatic rings. The van der Waals surface area contributed by atoms with Crippen LogP contribution in [0.15, 0.2) is 36.4 Å². The van der Waals surface area contributed by atoms with Crippen molar-refractivity contribution in [1.82, 2.24) is 0 Å². The summed E-state index contributed by atoms with van der Waals surface area (Å²) in [5.74, 6) is -0.813. The zero-order valence-electron chi connectivity index (χ0n) is 16.9. The molecule has 1 fully saturated rings. The first-order valence-electron chi connectivity index (χ1n) is 10.6. The Balaban J connectivity index is 1.31. The maximum atomic E-state index is 12.8. The highest BCUT2D eigenvalue weighted by Gasteiger charge is 2.36. The lowest BCUT2D eigenvalue weighted by atomic mass is 10.0. The summed E-state index contributed by atoms with van der Waals surface area (Å²) < 4.78 is 5.46. The number of benzene rings is 2.